The zero-order valence-corrected chi connectivity index (χ0v) is 10.1. The number of hydrogen-bond acceptors (Lipinski definition) is 5. The van der Waals surface area contributed by atoms with Crippen molar-refractivity contribution in [1.29, 1.82) is 0 Å². The van der Waals surface area contributed by atoms with Crippen LogP contribution in [0.15, 0.2) is 10.6 Å². The quantitative estimate of drug-likeness (QED) is 0.869. The zero-order valence-electron chi connectivity index (χ0n) is 9.28. The molecule has 2 aromatic heterocycles. The molecule has 1 saturated carbocycles. The monoisotopic (exact) mass is 235 g/mol. The summed E-state index contributed by atoms with van der Waals surface area (Å²) in [5.41, 5.74) is 6.90. The van der Waals surface area contributed by atoms with E-state index in [-0.39, 0.29) is 5.41 Å². The maximum absolute atomic E-state index is 5.90. The van der Waals surface area contributed by atoms with Crippen molar-refractivity contribution < 1.29 is 4.52 Å². The second kappa shape index (κ2) is 3.07. The molecule has 0 radical (unpaired) electrons. The fourth-order valence-electron chi connectivity index (χ4n) is 1.69. The topological polar surface area (TPSA) is 64.9 Å². The van der Waals surface area contributed by atoms with Crippen LogP contribution in [0.3, 0.4) is 0 Å². The van der Waals surface area contributed by atoms with Crippen LogP contribution < -0.4 is 5.73 Å². The molecule has 1 aliphatic rings. The second-order valence-electron chi connectivity index (χ2n) is 4.62. The molecule has 4 nitrogen and oxygen atoms in total. The molecule has 2 aromatic rings. The Morgan fingerprint density at radius 3 is 2.81 bits per heavy atom. The second-order valence-corrected chi connectivity index (χ2v) is 5.91. The largest absolute Gasteiger partial charge is 0.390 e. The molecule has 0 bridgehead atoms. The van der Waals surface area contributed by atoms with Gasteiger partial charge in [0.2, 0.25) is 0 Å². The molecule has 0 unspecified atom stereocenters. The van der Waals surface area contributed by atoms with Gasteiger partial charge in [-0.25, -0.2) is 0 Å². The summed E-state index contributed by atoms with van der Waals surface area (Å²) >= 11 is 1.55. The van der Waals surface area contributed by atoms with Gasteiger partial charge in [0.15, 0.2) is 5.82 Å². The van der Waals surface area contributed by atoms with E-state index < -0.39 is 0 Å². The highest BCUT2D eigenvalue weighted by Crippen LogP contribution is 2.46. The van der Waals surface area contributed by atoms with Gasteiger partial charge in [0.05, 0.1) is 10.6 Å². The van der Waals surface area contributed by atoms with Crippen LogP contribution in [-0.4, -0.2) is 10.1 Å². The van der Waals surface area contributed by atoms with E-state index >= 15 is 0 Å². The first-order valence-corrected chi connectivity index (χ1v) is 6.11. The Morgan fingerprint density at radius 1 is 1.50 bits per heavy atom. The molecule has 3 rings (SSSR count). The summed E-state index contributed by atoms with van der Waals surface area (Å²) in [7, 11) is 0. The van der Waals surface area contributed by atoms with Crippen molar-refractivity contribution in [3.63, 3.8) is 0 Å². The molecule has 1 fully saturated rings. The number of nitrogen functional groups attached to an aromatic ring is 1. The number of hydrogen-bond donors (Lipinski definition) is 1. The summed E-state index contributed by atoms with van der Waals surface area (Å²) in [5.74, 6) is 1.36. The van der Waals surface area contributed by atoms with Crippen molar-refractivity contribution in [2.45, 2.75) is 32.1 Å². The Bertz CT molecular complexity index is 539. The van der Waals surface area contributed by atoms with E-state index in [9.17, 15) is 0 Å². The SMILES string of the molecule is Cc1cc(-c2nc(C3(C)CC3)no2)c(N)s1. The molecule has 0 amide bonds. The number of nitrogens with two attached hydrogens (primary N) is 1. The molecule has 5 heteroatoms. The van der Waals surface area contributed by atoms with E-state index in [1.165, 1.54) is 0 Å². The summed E-state index contributed by atoms with van der Waals surface area (Å²) in [6.45, 7) is 4.17. The van der Waals surface area contributed by atoms with E-state index in [0.717, 1.165) is 34.1 Å². The third-order valence-electron chi connectivity index (χ3n) is 3.08. The number of nitrogens with zero attached hydrogens (tertiary/aromatic N) is 2. The van der Waals surface area contributed by atoms with Crippen LogP contribution in [0, 0.1) is 6.92 Å². The van der Waals surface area contributed by atoms with Crippen molar-refractivity contribution in [3.05, 3.63) is 16.8 Å². The van der Waals surface area contributed by atoms with Crippen LogP contribution >= 0.6 is 11.3 Å². The maximum atomic E-state index is 5.90. The summed E-state index contributed by atoms with van der Waals surface area (Å²) in [4.78, 5) is 5.59. The van der Waals surface area contributed by atoms with E-state index in [2.05, 4.69) is 17.1 Å². The molecule has 2 heterocycles. The fraction of sp³-hybridized carbons (Fsp3) is 0.455. The maximum Gasteiger partial charge on any atom is 0.260 e. The number of anilines is 1. The van der Waals surface area contributed by atoms with Crippen molar-refractivity contribution in [1.82, 2.24) is 10.1 Å². The molecule has 1 aliphatic carbocycles. The first kappa shape index (κ1) is 9.84. The van der Waals surface area contributed by atoms with E-state index in [1.54, 1.807) is 11.3 Å². The molecule has 0 aliphatic heterocycles. The van der Waals surface area contributed by atoms with Gasteiger partial charge in [0.25, 0.3) is 5.89 Å². The van der Waals surface area contributed by atoms with Crippen molar-refractivity contribution in [2.24, 2.45) is 0 Å². The van der Waals surface area contributed by atoms with Gasteiger partial charge >= 0.3 is 0 Å². The number of aromatic nitrogens is 2. The van der Waals surface area contributed by atoms with E-state index in [1.807, 2.05) is 13.0 Å². The van der Waals surface area contributed by atoms with Gasteiger partial charge < -0.3 is 10.3 Å². The predicted octanol–water partition coefficient (Wildman–Crippen LogP) is 2.74. The molecule has 0 saturated heterocycles. The minimum atomic E-state index is 0.140. The first-order valence-electron chi connectivity index (χ1n) is 5.29. The molecule has 84 valence electrons. The summed E-state index contributed by atoms with van der Waals surface area (Å²) in [5, 5.41) is 4.78. The minimum Gasteiger partial charge on any atom is -0.390 e. The predicted molar refractivity (Wildman–Crippen MR) is 63.3 cm³/mol. The van der Waals surface area contributed by atoms with Crippen LogP contribution in [0.2, 0.25) is 0 Å². The smallest absolute Gasteiger partial charge is 0.260 e. The lowest BCUT2D eigenvalue weighted by molar-refractivity contribution is 0.416. The Morgan fingerprint density at radius 2 is 2.25 bits per heavy atom. The van der Waals surface area contributed by atoms with Crippen LogP contribution in [0.5, 0.6) is 0 Å². The van der Waals surface area contributed by atoms with Crippen molar-refractivity contribution >= 4 is 16.3 Å². The Balaban J connectivity index is 2.01. The van der Waals surface area contributed by atoms with Gasteiger partial charge in [-0.2, -0.15) is 4.98 Å². The highest BCUT2D eigenvalue weighted by molar-refractivity contribution is 7.16. The zero-order chi connectivity index (χ0) is 11.3. The molecular weight excluding hydrogens is 222 g/mol. The van der Waals surface area contributed by atoms with Crippen molar-refractivity contribution in [2.75, 3.05) is 5.73 Å². The van der Waals surface area contributed by atoms with Crippen molar-refractivity contribution in [3.8, 4) is 11.5 Å². The van der Waals surface area contributed by atoms with E-state index in [4.69, 9.17) is 10.3 Å². The first-order chi connectivity index (χ1) is 7.58. The Labute approximate surface area is 97.5 Å². The summed E-state index contributed by atoms with van der Waals surface area (Å²) in [6.07, 6.45) is 2.29. The molecule has 0 atom stereocenters. The van der Waals surface area contributed by atoms with Gasteiger partial charge in [-0.05, 0) is 25.8 Å². The Kier molecular flexibility index (Phi) is 1.89. The van der Waals surface area contributed by atoms with E-state index in [0.29, 0.717) is 5.89 Å². The lowest BCUT2D eigenvalue weighted by Crippen LogP contribution is -2.01. The highest BCUT2D eigenvalue weighted by Gasteiger charge is 2.43. The molecule has 0 spiro atoms. The molecule has 16 heavy (non-hydrogen) atoms. The van der Waals surface area contributed by atoms with Crippen LogP contribution in [-0.2, 0) is 5.41 Å². The van der Waals surface area contributed by atoms with Gasteiger partial charge in [-0.15, -0.1) is 11.3 Å². The van der Waals surface area contributed by atoms with Crippen LogP contribution in [0.4, 0.5) is 5.00 Å². The molecule has 2 N–H and O–H groups in total. The minimum absolute atomic E-state index is 0.140. The third-order valence-corrected chi connectivity index (χ3v) is 3.96. The lowest BCUT2D eigenvalue weighted by Gasteiger charge is -1.97. The van der Waals surface area contributed by atoms with Gasteiger partial charge in [-0.3, -0.25) is 0 Å². The fourth-order valence-corrected chi connectivity index (χ4v) is 2.47. The normalized spacial score (nSPS) is 17.6. The lowest BCUT2D eigenvalue weighted by atomic mass is 10.1. The molecular formula is C11H13N3OS. The third kappa shape index (κ3) is 1.43. The standard InChI is InChI=1S/C11H13N3OS/c1-6-5-7(8(12)16-6)9-13-10(14-15-9)11(2)3-4-11/h5H,3-4,12H2,1-2H3. The van der Waals surface area contributed by atoms with Crippen LogP contribution in [0.25, 0.3) is 11.5 Å². The van der Waals surface area contributed by atoms with Gasteiger partial charge in [0.1, 0.15) is 0 Å². The highest BCUT2D eigenvalue weighted by atomic mass is 32.1. The molecule has 0 aromatic carbocycles. The number of rotatable bonds is 2. The summed E-state index contributed by atoms with van der Waals surface area (Å²) in [6, 6.07) is 1.99. The average Bonchev–Trinajstić information content (AvgIpc) is 2.70. The van der Waals surface area contributed by atoms with Gasteiger partial charge in [-0.1, -0.05) is 12.1 Å². The van der Waals surface area contributed by atoms with Gasteiger partial charge in [0, 0.05) is 10.3 Å². The number of aryl methyl sites for hydroxylation is 1. The average molecular weight is 235 g/mol. The number of thiophene rings is 1. The Hall–Kier alpha value is -1.36. The van der Waals surface area contributed by atoms with Crippen LogP contribution in [0.1, 0.15) is 30.5 Å². The summed E-state index contributed by atoms with van der Waals surface area (Å²) < 4.78 is 5.28.